The van der Waals surface area contributed by atoms with Crippen LogP contribution in [0.3, 0.4) is 0 Å². The van der Waals surface area contributed by atoms with Crippen LogP contribution in [-0.2, 0) is 17.7 Å². The molecule has 0 N–H and O–H groups in total. The minimum atomic E-state index is 0.323. The predicted molar refractivity (Wildman–Crippen MR) is 99.9 cm³/mol. The van der Waals surface area contributed by atoms with Crippen molar-refractivity contribution in [3.8, 4) is 5.75 Å². The number of benzene rings is 1. The zero-order valence-electron chi connectivity index (χ0n) is 15.4. The van der Waals surface area contributed by atoms with E-state index in [1.807, 2.05) is 32.2 Å². The van der Waals surface area contributed by atoms with Crippen molar-refractivity contribution in [2.75, 3.05) is 27.3 Å². The molecule has 1 aromatic heterocycles. The monoisotopic (exact) mass is 340 g/mol. The van der Waals surface area contributed by atoms with E-state index in [0.29, 0.717) is 12.0 Å². The Labute approximate surface area is 150 Å². The van der Waals surface area contributed by atoms with Crippen LogP contribution in [-0.4, -0.2) is 43.3 Å². The van der Waals surface area contributed by atoms with Gasteiger partial charge < -0.3 is 9.47 Å². The average Bonchev–Trinajstić information content (AvgIpc) is 2.63. The molecular weight excluding hydrogens is 312 g/mol. The van der Waals surface area contributed by atoms with E-state index in [1.165, 1.54) is 5.56 Å². The maximum atomic E-state index is 5.77. The van der Waals surface area contributed by atoms with Crippen LogP contribution >= 0.6 is 0 Å². The summed E-state index contributed by atoms with van der Waals surface area (Å²) in [6.45, 7) is 5.07. The van der Waals surface area contributed by atoms with Crippen LogP contribution in [0.15, 0.2) is 42.5 Å². The van der Waals surface area contributed by atoms with Crippen LogP contribution in [0.25, 0.3) is 0 Å². The smallest absolute Gasteiger partial charge is 0.118 e. The second-order valence-corrected chi connectivity index (χ2v) is 6.88. The molecule has 25 heavy (non-hydrogen) atoms. The molecule has 4 nitrogen and oxygen atoms in total. The summed E-state index contributed by atoms with van der Waals surface area (Å²) in [6.07, 6.45) is 2.42. The number of rotatable bonds is 6. The summed E-state index contributed by atoms with van der Waals surface area (Å²) in [7, 11) is 3.54. The third kappa shape index (κ3) is 4.80. The summed E-state index contributed by atoms with van der Waals surface area (Å²) in [4.78, 5) is 7.15. The molecule has 1 saturated heterocycles. The standard InChI is InChI=1S/C21H28N2O2/c1-16-5-4-6-19(22-16)15-23-12-11-21(25-3)18(14-23)13-17-7-9-20(24-2)10-8-17/h4-10,18,21H,11-15H2,1-3H3/t18-,21-/m1/s1. The van der Waals surface area contributed by atoms with Crippen LogP contribution in [0.1, 0.15) is 23.4 Å². The van der Waals surface area contributed by atoms with Crippen molar-refractivity contribution in [3.05, 3.63) is 59.4 Å². The lowest BCUT2D eigenvalue weighted by Gasteiger charge is -2.38. The van der Waals surface area contributed by atoms with E-state index in [2.05, 4.69) is 34.1 Å². The van der Waals surface area contributed by atoms with Gasteiger partial charge in [0, 0.05) is 38.4 Å². The zero-order valence-corrected chi connectivity index (χ0v) is 15.4. The van der Waals surface area contributed by atoms with Gasteiger partial charge in [0.15, 0.2) is 0 Å². The van der Waals surface area contributed by atoms with Crippen molar-refractivity contribution >= 4 is 0 Å². The van der Waals surface area contributed by atoms with Crippen molar-refractivity contribution in [2.24, 2.45) is 5.92 Å². The van der Waals surface area contributed by atoms with Gasteiger partial charge in [-0.15, -0.1) is 0 Å². The van der Waals surface area contributed by atoms with Crippen molar-refractivity contribution in [1.29, 1.82) is 0 Å². The molecular formula is C21H28N2O2. The van der Waals surface area contributed by atoms with Crippen LogP contribution in [0, 0.1) is 12.8 Å². The predicted octanol–water partition coefficient (Wildman–Crippen LogP) is 3.48. The molecule has 2 heterocycles. The van der Waals surface area contributed by atoms with Crippen molar-refractivity contribution in [2.45, 2.75) is 32.4 Å². The topological polar surface area (TPSA) is 34.6 Å². The Hall–Kier alpha value is -1.91. The normalized spacial score (nSPS) is 21.2. The second kappa shape index (κ2) is 8.45. The summed E-state index contributed by atoms with van der Waals surface area (Å²) in [5.41, 5.74) is 3.57. The summed E-state index contributed by atoms with van der Waals surface area (Å²) in [6, 6.07) is 14.7. The Balaban J connectivity index is 1.65. The van der Waals surface area contributed by atoms with Crippen LogP contribution < -0.4 is 4.74 Å². The van der Waals surface area contributed by atoms with E-state index in [9.17, 15) is 0 Å². The van der Waals surface area contributed by atoms with E-state index in [4.69, 9.17) is 9.47 Å². The molecule has 3 rings (SSSR count). The summed E-state index contributed by atoms with van der Waals surface area (Å²) >= 11 is 0. The molecule has 0 unspecified atom stereocenters. The SMILES string of the molecule is COc1ccc(C[C@@H]2CN(Cc3cccc(C)n3)CC[C@H]2OC)cc1. The van der Waals surface area contributed by atoms with Crippen molar-refractivity contribution < 1.29 is 9.47 Å². The van der Waals surface area contributed by atoms with Gasteiger partial charge in [-0.2, -0.15) is 0 Å². The zero-order chi connectivity index (χ0) is 17.6. The van der Waals surface area contributed by atoms with Gasteiger partial charge >= 0.3 is 0 Å². The molecule has 0 spiro atoms. The number of methoxy groups -OCH3 is 2. The molecule has 0 aliphatic carbocycles. The molecule has 1 aliphatic rings. The molecule has 1 aromatic carbocycles. The third-order valence-corrected chi connectivity index (χ3v) is 5.04. The minimum absolute atomic E-state index is 0.323. The van der Waals surface area contributed by atoms with E-state index in [1.54, 1.807) is 7.11 Å². The first-order valence-electron chi connectivity index (χ1n) is 8.98. The molecule has 0 bridgehead atoms. The number of ether oxygens (including phenoxy) is 2. The maximum absolute atomic E-state index is 5.77. The molecule has 0 radical (unpaired) electrons. The number of likely N-dealkylation sites (tertiary alicyclic amines) is 1. The van der Waals surface area contributed by atoms with Crippen LogP contribution in [0.5, 0.6) is 5.75 Å². The van der Waals surface area contributed by atoms with E-state index in [0.717, 1.165) is 49.6 Å². The lowest BCUT2D eigenvalue weighted by molar-refractivity contribution is -0.00878. The molecule has 1 fully saturated rings. The van der Waals surface area contributed by atoms with E-state index < -0.39 is 0 Å². The highest BCUT2D eigenvalue weighted by Crippen LogP contribution is 2.25. The lowest BCUT2D eigenvalue weighted by atomic mass is 9.88. The first-order chi connectivity index (χ1) is 12.2. The fourth-order valence-electron chi connectivity index (χ4n) is 3.72. The summed E-state index contributed by atoms with van der Waals surface area (Å²) < 4.78 is 11.0. The minimum Gasteiger partial charge on any atom is -0.497 e. The molecule has 0 saturated carbocycles. The number of hydrogen-bond donors (Lipinski definition) is 0. The summed E-state index contributed by atoms with van der Waals surface area (Å²) in [5, 5.41) is 0. The molecule has 134 valence electrons. The number of hydrogen-bond acceptors (Lipinski definition) is 4. The van der Waals surface area contributed by atoms with E-state index >= 15 is 0 Å². The molecule has 1 aliphatic heterocycles. The van der Waals surface area contributed by atoms with Crippen molar-refractivity contribution in [3.63, 3.8) is 0 Å². The Morgan fingerprint density at radius 3 is 2.60 bits per heavy atom. The van der Waals surface area contributed by atoms with Gasteiger partial charge in [-0.25, -0.2) is 0 Å². The average molecular weight is 340 g/mol. The quantitative estimate of drug-likeness (QED) is 0.806. The molecule has 2 atom stereocenters. The Morgan fingerprint density at radius 2 is 1.92 bits per heavy atom. The molecule has 0 amide bonds. The highest BCUT2D eigenvalue weighted by Gasteiger charge is 2.29. The van der Waals surface area contributed by atoms with Gasteiger partial charge in [0.05, 0.1) is 18.9 Å². The first-order valence-corrected chi connectivity index (χ1v) is 8.98. The Kier molecular flexibility index (Phi) is 6.05. The third-order valence-electron chi connectivity index (χ3n) is 5.04. The van der Waals surface area contributed by atoms with Gasteiger partial charge in [0.25, 0.3) is 0 Å². The van der Waals surface area contributed by atoms with Crippen LogP contribution in [0.2, 0.25) is 0 Å². The molecule has 2 aromatic rings. The number of nitrogens with zero attached hydrogens (tertiary/aromatic N) is 2. The lowest BCUT2D eigenvalue weighted by Crippen LogP contribution is -2.44. The second-order valence-electron chi connectivity index (χ2n) is 6.88. The maximum Gasteiger partial charge on any atom is 0.118 e. The fourth-order valence-corrected chi connectivity index (χ4v) is 3.72. The van der Waals surface area contributed by atoms with Gasteiger partial charge in [-0.1, -0.05) is 18.2 Å². The number of piperidine rings is 1. The van der Waals surface area contributed by atoms with Gasteiger partial charge in [-0.3, -0.25) is 9.88 Å². The van der Waals surface area contributed by atoms with Crippen molar-refractivity contribution in [1.82, 2.24) is 9.88 Å². The molecule has 4 heteroatoms. The first kappa shape index (κ1) is 17.9. The number of pyridine rings is 1. The Bertz CT molecular complexity index is 672. The van der Waals surface area contributed by atoms with Gasteiger partial charge in [0.2, 0.25) is 0 Å². The largest absolute Gasteiger partial charge is 0.497 e. The van der Waals surface area contributed by atoms with Crippen LogP contribution in [0.4, 0.5) is 0 Å². The Morgan fingerprint density at radius 1 is 1.12 bits per heavy atom. The van der Waals surface area contributed by atoms with Gasteiger partial charge in [0.1, 0.15) is 5.75 Å². The highest BCUT2D eigenvalue weighted by atomic mass is 16.5. The summed E-state index contributed by atoms with van der Waals surface area (Å²) in [5.74, 6) is 1.40. The van der Waals surface area contributed by atoms with E-state index in [-0.39, 0.29) is 0 Å². The fraction of sp³-hybridized carbons (Fsp3) is 0.476. The number of aryl methyl sites for hydroxylation is 1. The highest BCUT2D eigenvalue weighted by molar-refractivity contribution is 5.27. The number of aromatic nitrogens is 1. The van der Waals surface area contributed by atoms with Gasteiger partial charge in [-0.05, 0) is 49.6 Å².